The number of esters is 1. The van der Waals surface area contributed by atoms with E-state index in [1.165, 1.54) is 110 Å². The number of ketones is 2. The van der Waals surface area contributed by atoms with E-state index in [0.29, 0.717) is 23.8 Å². The lowest BCUT2D eigenvalue weighted by molar-refractivity contribution is -0.185. The van der Waals surface area contributed by atoms with Gasteiger partial charge in [-0.2, -0.15) is 12.6 Å². The summed E-state index contributed by atoms with van der Waals surface area (Å²) in [5.74, 6) is 1.65. The Morgan fingerprint density at radius 3 is 1.81 bits per heavy atom. The highest BCUT2D eigenvalue weighted by molar-refractivity contribution is 7.80. The van der Waals surface area contributed by atoms with Crippen LogP contribution in [-0.4, -0.2) is 28.9 Å². The summed E-state index contributed by atoms with van der Waals surface area (Å²) >= 11 is 11.0. The van der Waals surface area contributed by atoms with Crippen molar-refractivity contribution in [3.8, 4) is 0 Å². The number of allylic oxidation sites excluding steroid dienone is 4. The fraction of sp³-hybridized carbons (Fsp3) is 0.829. The van der Waals surface area contributed by atoms with Crippen molar-refractivity contribution >= 4 is 41.8 Å². The van der Waals surface area contributed by atoms with Crippen molar-refractivity contribution in [2.45, 2.75) is 181 Å². The zero-order valence-electron chi connectivity index (χ0n) is 30.6. The zero-order valence-corrected chi connectivity index (χ0v) is 32.3. The Balaban J connectivity index is 0.000000279. The molecule has 4 nitrogen and oxygen atoms in total. The van der Waals surface area contributed by atoms with Gasteiger partial charge in [-0.25, -0.2) is 0 Å². The Morgan fingerprint density at radius 1 is 0.809 bits per heavy atom. The van der Waals surface area contributed by atoms with Gasteiger partial charge in [0.15, 0.2) is 17.2 Å². The quantitative estimate of drug-likeness (QED) is 0.0883. The SMILES string of the molecule is CC(=O)O[C@]1(C(C)=O)CC[C@H]2[C@@H]3C=C(Cl)C4=CC(=O)CC[C@]4(C)[C@H]3CC[C@@]21C.CCCCCCCCCCCCCCCCCCS. The summed E-state index contributed by atoms with van der Waals surface area (Å²) < 4.78 is 5.79. The molecule has 0 aromatic carbocycles. The molecule has 47 heavy (non-hydrogen) atoms. The largest absolute Gasteiger partial charge is 0.451 e. The Morgan fingerprint density at radius 2 is 1.32 bits per heavy atom. The molecule has 0 bridgehead atoms. The van der Waals surface area contributed by atoms with Gasteiger partial charge in [-0.15, -0.1) is 0 Å². The van der Waals surface area contributed by atoms with Crippen molar-refractivity contribution in [1.82, 2.24) is 0 Å². The summed E-state index contributed by atoms with van der Waals surface area (Å²) in [6.07, 6.45) is 31.6. The number of ether oxygens (including phenoxy) is 1. The van der Waals surface area contributed by atoms with Crippen molar-refractivity contribution < 1.29 is 19.1 Å². The van der Waals surface area contributed by atoms with Gasteiger partial charge in [0, 0.05) is 23.8 Å². The minimum Gasteiger partial charge on any atom is -0.451 e. The lowest BCUT2D eigenvalue weighted by Gasteiger charge is -2.57. The fourth-order valence-corrected chi connectivity index (χ4v) is 10.4. The molecule has 0 aromatic rings. The minimum absolute atomic E-state index is 0.0490. The number of hydrogen-bond acceptors (Lipinski definition) is 5. The fourth-order valence-electron chi connectivity index (χ4n) is 9.79. The maximum absolute atomic E-state index is 12.7. The van der Waals surface area contributed by atoms with Crippen LogP contribution < -0.4 is 0 Å². The number of carbonyl (C=O) groups excluding carboxylic acids is 3. The Labute approximate surface area is 298 Å². The molecule has 0 N–H and O–H groups in total. The molecule has 4 aliphatic carbocycles. The molecule has 6 atom stereocenters. The highest BCUT2D eigenvalue weighted by Crippen LogP contribution is 2.68. The third-order valence-corrected chi connectivity index (χ3v) is 13.2. The maximum atomic E-state index is 12.7. The summed E-state index contributed by atoms with van der Waals surface area (Å²) in [6, 6.07) is 0. The van der Waals surface area contributed by atoms with Crippen LogP contribution in [0.25, 0.3) is 0 Å². The molecule has 0 saturated heterocycles. The molecule has 0 aromatic heterocycles. The van der Waals surface area contributed by atoms with Gasteiger partial charge in [0.2, 0.25) is 0 Å². The molecule has 2 saturated carbocycles. The van der Waals surface area contributed by atoms with E-state index in [0.717, 1.165) is 37.0 Å². The first-order chi connectivity index (χ1) is 22.5. The van der Waals surface area contributed by atoms with E-state index >= 15 is 0 Å². The first-order valence-electron chi connectivity index (χ1n) is 19.4. The number of Topliss-reactive ketones (excluding diaryl/α,β-unsaturated/α-hetero) is 1. The standard InChI is InChI=1S/C23H29ClO4.C18H38S/c1-13(25)23(28-14(2)26)10-7-18-16-12-20(24)19-11-15(27)5-8-21(19,3)17(16)6-9-22(18,23)4;1-2-3-4-5-6-7-8-9-10-11-12-13-14-15-16-17-18-19/h11-12,16-18H,5-10H2,1-4H3;19H,2-18H2,1H3/t16-,17+,18+,21-,22+,23+;/m1./s1. The molecule has 0 aliphatic heterocycles. The zero-order chi connectivity index (χ0) is 34.5. The highest BCUT2D eigenvalue weighted by Gasteiger charge is 2.67. The van der Waals surface area contributed by atoms with Crippen molar-refractivity contribution in [1.29, 1.82) is 0 Å². The summed E-state index contributed by atoms with van der Waals surface area (Å²) in [5, 5.41) is 0.689. The number of fused-ring (bicyclic) bond motifs is 5. The smallest absolute Gasteiger partial charge is 0.303 e. The van der Waals surface area contributed by atoms with Gasteiger partial charge in [-0.3, -0.25) is 14.4 Å². The van der Waals surface area contributed by atoms with Crippen LogP contribution >= 0.6 is 24.2 Å². The van der Waals surface area contributed by atoms with Gasteiger partial charge >= 0.3 is 5.97 Å². The van der Waals surface area contributed by atoms with Crippen LogP contribution in [0.5, 0.6) is 0 Å². The molecule has 0 radical (unpaired) electrons. The minimum atomic E-state index is -1.03. The molecular weight excluding hydrogens is 624 g/mol. The molecule has 4 aliphatic rings. The maximum Gasteiger partial charge on any atom is 0.303 e. The first-order valence-corrected chi connectivity index (χ1v) is 20.4. The Bertz CT molecular complexity index is 1080. The van der Waals surface area contributed by atoms with Crippen LogP contribution in [0.1, 0.15) is 176 Å². The molecule has 0 heterocycles. The average molecular weight is 692 g/mol. The van der Waals surface area contributed by atoms with Crippen LogP contribution in [0.3, 0.4) is 0 Å². The molecule has 0 amide bonds. The lowest BCUT2D eigenvalue weighted by Crippen LogP contribution is -2.58. The van der Waals surface area contributed by atoms with E-state index in [4.69, 9.17) is 16.3 Å². The topological polar surface area (TPSA) is 60.4 Å². The van der Waals surface area contributed by atoms with Gasteiger partial charge < -0.3 is 4.74 Å². The third kappa shape index (κ3) is 10.0. The monoisotopic (exact) mass is 690 g/mol. The number of thiol groups is 1. The number of rotatable bonds is 18. The molecule has 6 heteroatoms. The number of halogens is 1. The predicted molar refractivity (Wildman–Crippen MR) is 200 cm³/mol. The lowest BCUT2D eigenvalue weighted by atomic mass is 9.48. The van der Waals surface area contributed by atoms with Crippen LogP contribution in [0, 0.1) is 28.6 Å². The summed E-state index contributed by atoms with van der Waals surface area (Å²) in [4.78, 5) is 36.6. The normalized spacial score (nSPS) is 31.0. The van der Waals surface area contributed by atoms with E-state index in [1.54, 1.807) is 13.0 Å². The molecule has 0 spiro atoms. The predicted octanol–water partition coefficient (Wildman–Crippen LogP) is 11.9. The van der Waals surface area contributed by atoms with Gasteiger partial charge in [-0.05, 0) is 86.0 Å². The van der Waals surface area contributed by atoms with Gasteiger partial charge in [0.05, 0.1) is 0 Å². The molecule has 4 rings (SSSR count). The van der Waals surface area contributed by atoms with E-state index in [-0.39, 0.29) is 40.2 Å². The van der Waals surface area contributed by atoms with Crippen LogP contribution in [0.4, 0.5) is 0 Å². The summed E-state index contributed by atoms with van der Waals surface area (Å²) in [5.41, 5.74) is -0.532. The average Bonchev–Trinajstić information content (AvgIpc) is 3.33. The van der Waals surface area contributed by atoms with Crippen LogP contribution in [0.15, 0.2) is 22.8 Å². The van der Waals surface area contributed by atoms with E-state index in [2.05, 4.69) is 39.5 Å². The number of unbranched alkanes of at least 4 members (excludes halogenated alkanes) is 15. The second-order valence-corrected chi connectivity index (χ2v) is 16.6. The third-order valence-electron chi connectivity index (χ3n) is 12.6. The molecule has 0 unspecified atom stereocenters. The van der Waals surface area contributed by atoms with Crippen LogP contribution in [-0.2, 0) is 19.1 Å². The number of hydrogen-bond donors (Lipinski definition) is 1. The van der Waals surface area contributed by atoms with Gasteiger partial charge in [-0.1, -0.05) is 135 Å². The highest BCUT2D eigenvalue weighted by atomic mass is 35.5. The van der Waals surface area contributed by atoms with Gasteiger partial charge in [0.1, 0.15) is 0 Å². The first kappa shape index (κ1) is 40.4. The van der Waals surface area contributed by atoms with Crippen molar-refractivity contribution in [2.75, 3.05) is 5.75 Å². The summed E-state index contributed by atoms with van der Waals surface area (Å²) in [7, 11) is 0. The van der Waals surface area contributed by atoms with Gasteiger partial charge in [0.25, 0.3) is 0 Å². The van der Waals surface area contributed by atoms with E-state index < -0.39 is 5.60 Å². The second-order valence-electron chi connectivity index (χ2n) is 15.7. The Hall–Kier alpha value is -1.07. The number of carbonyl (C=O) groups is 3. The van der Waals surface area contributed by atoms with E-state index in [1.807, 2.05) is 0 Å². The van der Waals surface area contributed by atoms with Crippen LogP contribution in [0.2, 0.25) is 0 Å². The van der Waals surface area contributed by atoms with Crippen molar-refractivity contribution in [2.24, 2.45) is 28.6 Å². The Kier molecular flexibility index (Phi) is 16.6. The van der Waals surface area contributed by atoms with E-state index in [9.17, 15) is 14.4 Å². The second kappa shape index (κ2) is 19.4. The summed E-state index contributed by atoms with van der Waals surface area (Å²) in [6.45, 7) is 9.62. The molecule has 268 valence electrons. The van der Waals surface area contributed by atoms with Crippen molar-refractivity contribution in [3.63, 3.8) is 0 Å². The molecule has 2 fully saturated rings. The molecular formula is C41H67ClO4S. The van der Waals surface area contributed by atoms with Crippen molar-refractivity contribution in [3.05, 3.63) is 22.8 Å².